The lowest BCUT2D eigenvalue weighted by atomic mass is 10.1. The molecule has 0 spiro atoms. The van der Waals surface area contributed by atoms with Gasteiger partial charge in [-0.25, -0.2) is 4.79 Å². The van der Waals surface area contributed by atoms with Crippen LogP contribution < -0.4 is 5.32 Å². The largest absolute Gasteiger partial charge is 0.480 e. The van der Waals surface area contributed by atoms with Gasteiger partial charge in [-0.15, -0.1) is 0 Å². The quantitative estimate of drug-likeness (QED) is 0.727. The highest BCUT2D eigenvalue weighted by atomic mass is 19.4. The van der Waals surface area contributed by atoms with Gasteiger partial charge in [0.25, 0.3) is 0 Å². The molecule has 0 aliphatic rings. The van der Waals surface area contributed by atoms with Crippen molar-refractivity contribution in [2.75, 3.05) is 0 Å². The second kappa shape index (κ2) is 7.28. The molecule has 0 aromatic rings. The van der Waals surface area contributed by atoms with Gasteiger partial charge in [0.2, 0.25) is 5.91 Å². The number of amides is 1. The summed E-state index contributed by atoms with van der Waals surface area (Å²) in [4.78, 5) is 33.3. The third-order valence-corrected chi connectivity index (χ3v) is 2.05. The Balaban J connectivity index is 4.42. The second-order valence-electron chi connectivity index (χ2n) is 5.38. The van der Waals surface area contributed by atoms with Gasteiger partial charge in [-0.3, -0.25) is 9.59 Å². The maximum Gasteiger partial charge on any atom is 0.397 e. The third kappa shape index (κ3) is 10.6. The first-order chi connectivity index (χ1) is 9.30. The standard InChI is InChI=1S/C12H18F3NO5/c1-11(2,3)21-9(18)5-4-7(10(19)20)16-8(17)6-12(13,14)15/h7H,4-6H2,1-3H3,(H,16,17)(H,19,20)/t7-/m1/s1. The zero-order valence-electron chi connectivity index (χ0n) is 11.9. The number of hydrogen-bond acceptors (Lipinski definition) is 4. The minimum Gasteiger partial charge on any atom is -0.480 e. The lowest BCUT2D eigenvalue weighted by Crippen LogP contribution is -2.42. The Labute approximate surface area is 119 Å². The van der Waals surface area contributed by atoms with E-state index in [1.54, 1.807) is 26.1 Å². The Morgan fingerprint density at radius 1 is 1.19 bits per heavy atom. The Morgan fingerprint density at radius 3 is 2.10 bits per heavy atom. The molecular weight excluding hydrogens is 295 g/mol. The smallest absolute Gasteiger partial charge is 0.397 e. The number of aliphatic carboxylic acids is 1. The van der Waals surface area contributed by atoms with Gasteiger partial charge in [-0.1, -0.05) is 0 Å². The number of carbonyl (C=O) groups excluding carboxylic acids is 2. The minimum atomic E-state index is -4.72. The first kappa shape index (κ1) is 19.2. The van der Waals surface area contributed by atoms with Gasteiger partial charge in [0.05, 0.1) is 0 Å². The molecule has 0 unspecified atom stereocenters. The number of hydrogen-bond donors (Lipinski definition) is 2. The van der Waals surface area contributed by atoms with Crippen molar-refractivity contribution in [2.24, 2.45) is 0 Å². The SMILES string of the molecule is CC(C)(C)OC(=O)CC[C@@H](NC(=O)CC(F)(F)F)C(=O)O. The summed E-state index contributed by atoms with van der Waals surface area (Å²) in [6.45, 7) is 4.85. The third-order valence-electron chi connectivity index (χ3n) is 2.05. The molecule has 0 aliphatic heterocycles. The van der Waals surface area contributed by atoms with E-state index in [0.717, 1.165) is 0 Å². The fourth-order valence-electron chi connectivity index (χ4n) is 1.34. The van der Waals surface area contributed by atoms with Gasteiger partial charge in [-0.2, -0.15) is 13.2 Å². The van der Waals surface area contributed by atoms with Crippen LogP contribution in [0.1, 0.15) is 40.0 Å². The molecule has 0 rings (SSSR count). The molecule has 6 nitrogen and oxygen atoms in total. The van der Waals surface area contributed by atoms with Crippen LogP contribution in [-0.2, 0) is 19.1 Å². The van der Waals surface area contributed by atoms with Gasteiger partial charge in [0, 0.05) is 6.42 Å². The van der Waals surface area contributed by atoms with Gasteiger partial charge in [0.1, 0.15) is 18.1 Å². The van der Waals surface area contributed by atoms with Crippen LogP contribution in [-0.4, -0.2) is 40.8 Å². The van der Waals surface area contributed by atoms with Crippen LogP contribution in [0.25, 0.3) is 0 Å². The van der Waals surface area contributed by atoms with Crippen molar-refractivity contribution in [3.8, 4) is 0 Å². The number of alkyl halides is 3. The molecule has 1 atom stereocenters. The van der Waals surface area contributed by atoms with Crippen molar-refractivity contribution in [3.05, 3.63) is 0 Å². The molecule has 2 N–H and O–H groups in total. The Hall–Kier alpha value is -1.80. The average molecular weight is 313 g/mol. The molecule has 9 heteroatoms. The zero-order valence-corrected chi connectivity index (χ0v) is 11.9. The van der Waals surface area contributed by atoms with Gasteiger partial charge in [-0.05, 0) is 27.2 Å². The monoisotopic (exact) mass is 313 g/mol. The van der Waals surface area contributed by atoms with E-state index in [0.29, 0.717) is 0 Å². The van der Waals surface area contributed by atoms with E-state index in [9.17, 15) is 27.6 Å². The predicted molar refractivity (Wildman–Crippen MR) is 65.3 cm³/mol. The first-order valence-electron chi connectivity index (χ1n) is 6.11. The minimum absolute atomic E-state index is 0.333. The molecular formula is C12H18F3NO5. The van der Waals surface area contributed by atoms with Crippen molar-refractivity contribution in [2.45, 2.75) is 57.9 Å². The summed E-state index contributed by atoms with van der Waals surface area (Å²) >= 11 is 0. The summed E-state index contributed by atoms with van der Waals surface area (Å²) in [5.41, 5.74) is -0.755. The maximum atomic E-state index is 12.0. The number of ether oxygens (including phenoxy) is 1. The molecule has 21 heavy (non-hydrogen) atoms. The van der Waals surface area contributed by atoms with Crippen molar-refractivity contribution in [1.29, 1.82) is 0 Å². The summed E-state index contributed by atoms with van der Waals surface area (Å²) in [5.74, 6) is -3.67. The Kier molecular flexibility index (Phi) is 6.65. The zero-order chi connectivity index (χ0) is 16.8. The van der Waals surface area contributed by atoms with Crippen LogP contribution in [0.2, 0.25) is 0 Å². The van der Waals surface area contributed by atoms with E-state index < -0.39 is 42.1 Å². The molecule has 0 bridgehead atoms. The van der Waals surface area contributed by atoms with Crippen molar-refractivity contribution >= 4 is 17.8 Å². The average Bonchev–Trinajstić information content (AvgIpc) is 2.18. The molecule has 0 radical (unpaired) electrons. The normalized spacial score (nSPS) is 13.4. The molecule has 0 aliphatic carbocycles. The Bertz CT molecular complexity index is 401. The number of rotatable bonds is 6. The number of carbonyl (C=O) groups is 3. The lowest BCUT2D eigenvalue weighted by molar-refractivity contribution is -0.159. The summed E-state index contributed by atoms with van der Waals surface area (Å²) in [6, 6.07) is -1.58. The molecule has 1 amide bonds. The first-order valence-corrected chi connectivity index (χ1v) is 6.11. The van der Waals surface area contributed by atoms with Crippen LogP contribution in [0.5, 0.6) is 0 Å². The maximum absolute atomic E-state index is 12.0. The molecule has 0 saturated heterocycles. The van der Waals surface area contributed by atoms with Gasteiger partial charge >= 0.3 is 18.1 Å². The van der Waals surface area contributed by atoms with Gasteiger partial charge < -0.3 is 15.2 Å². The number of nitrogens with one attached hydrogen (secondary N) is 1. The summed E-state index contributed by atoms with van der Waals surface area (Å²) < 4.78 is 40.9. The van der Waals surface area contributed by atoms with Gasteiger partial charge in [0.15, 0.2) is 0 Å². The molecule has 0 aromatic carbocycles. The van der Waals surface area contributed by atoms with E-state index in [1.807, 2.05) is 0 Å². The molecule has 0 aromatic heterocycles. The molecule has 0 fully saturated rings. The summed E-state index contributed by atoms with van der Waals surface area (Å²) in [5, 5.41) is 10.5. The van der Waals surface area contributed by atoms with E-state index in [1.165, 1.54) is 0 Å². The van der Waals surface area contributed by atoms with Crippen LogP contribution in [0.4, 0.5) is 13.2 Å². The lowest BCUT2D eigenvalue weighted by Gasteiger charge is -2.20. The van der Waals surface area contributed by atoms with E-state index >= 15 is 0 Å². The fourth-order valence-corrected chi connectivity index (χ4v) is 1.34. The number of halogens is 3. The van der Waals surface area contributed by atoms with Crippen LogP contribution in [0, 0.1) is 0 Å². The predicted octanol–water partition coefficient (Wildman–Crippen LogP) is 1.63. The summed E-state index contributed by atoms with van der Waals surface area (Å²) in [7, 11) is 0. The highest BCUT2D eigenvalue weighted by molar-refractivity contribution is 5.84. The van der Waals surface area contributed by atoms with E-state index in [2.05, 4.69) is 0 Å². The van der Waals surface area contributed by atoms with Crippen LogP contribution in [0.3, 0.4) is 0 Å². The second-order valence-corrected chi connectivity index (χ2v) is 5.38. The van der Waals surface area contributed by atoms with Crippen molar-refractivity contribution < 1.29 is 37.4 Å². The molecule has 0 saturated carbocycles. The highest BCUT2D eigenvalue weighted by Gasteiger charge is 2.33. The molecule has 0 heterocycles. The van der Waals surface area contributed by atoms with Crippen LogP contribution in [0.15, 0.2) is 0 Å². The van der Waals surface area contributed by atoms with Crippen LogP contribution >= 0.6 is 0 Å². The van der Waals surface area contributed by atoms with Crippen molar-refractivity contribution in [1.82, 2.24) is 5.32 Å². The van der Waals surface area contributed by atoms with Crippen molar-refractivity contribution in [3.63, 3.8) is 0 Å². The number of carboxylic acids is 1. The molecule has 122 valence electrons. The fraction of sp³-hybridized carbons (Fsp3) is 0.750. The van der Waals surface area contributed by atoms with E-state index in [4.69, 9.17) is 9.84 Å². The Morgan fingerprint density at radius 2 is 1.71 bits per heavy atom. The van der Waals surface area contributed by atoms with E-state index in [-0.39, 0.29) is 12.8 Å². The highest BCUT2D eigenvalue weighted by Crippen LogP contribution is 2.19. The number of esters is 1. The summed E-state index contributed by atoms with van der Waals surface area (Å²) in [6.07, 6.45) is -7.18. The number of carboxylic acid groups (broad SMARTS) is 1. The topological polar surface area (TPSA) is 92.7 Å².